The van der Waals surface area contributed by atoms with E-state index in [0.717, 1.165) is 11.1 Å². The van der Waals surface area contributed by atoms with Crippen molar-refractivity contribution >= 4 is 5.97 Å². The predicted octanol–water partition coefficient (Wildman–Crippen LogP) is 5.01. The topological polar surface area (TPSA) is 74.5 Å². The molecule has 0 saturated carbocycles. The number of ether oxygens (including phenoxy) is 2. The molecule has 156 valence electrons. The molecule has 3 aromatic carbocycles. The molecule has 6 nitrogen and oxygen atoms in total. The molecular formula is C25H22N2O4. The van der Waals surface area contributed by atoms with Gasteiger partial charge in [0.1, 0.15) is 5.75 Å². The van der Waals surface area contributed by atoms with Crippen LogP contribution in [0.5, 0.6) is 5.75 Å². The Hall–Kier alpha value is -3.93. The smallest absolute Gasteiger partial charge is 0.344 e. The molecule has 6 heteroatoms. The molecule has 4 aromatic rings. The normalized spacial score (nSPS) is 11.6. The summed E-state index contributed by atoms with van der Waals surface area (Å²) in [4.78, 5) is 12.3. The van der Waals surface area contributed by atoms with Crippen molar-refractivity contribution in [2.24, 2.45) is 0 Å². The van der Waals surface area contributed by atoms with E-state index in [9.17, 15) is 4.79 Å². The van der Waals surface area contributed by atoms with E-state index < -0.39 is 12.1 Å². The summed E-state index contributed by atoms with van der Waals surface area (Å²) in [6.07, 6.45) is 0.0350. The fourth-order valence-electron chi connectivity index (χ4n) is 3.12. The minimum Gasteiger partial charge on any atom is -0.482 e. The summed E-state index contributed by atoms with van der Waals surface area (Å²) < 4.78 is 16.8. The summed E-state index contributed by atoms with van der Waals surface area (Å²) in [7, 11) is 0. The molecule has 0 amide bonds. The van der Waals surface area contributed by atoms with Crippen LogP contribution in [-0.4, -0.2) is 22.8 Å². The number of hydrogen-bond acceptors (Lipinski definition) is 6. The molecule has 0 aliphatic carbocycles. The summed E-state index contributed by atoms with van der Waals surface area (Å²) >= 11 is 0. The van der Waals surface area contributed by atoms with Crippen molar-refractivity contribution in [1.82, 2.24) is 10.2 Å². The molecule has 4 rings (SSSR count). The maximum absolute atomic E-state index is 12.3. The van der Waals surface area contributed by atoms with Crippen LogP contribution < -0.4 is 4.74 Å². The summed E-state index contributed by atoms with van der Waals surface area (Å²) in [5.41, 5.74) is 2.97. The molecule has 31 heavy (non-hydrogen) atoms. The molecule has 0 radical (unpaired) electrons. The molecule has 0 saturated heterocycles. The number of carbonyl (C=O) groups is 1. The number of benzene rings is 3. The lowest BCUT2D eigenvalue weighted by Crippen LogP contribution is -2.17. The maximum Gasteiger partial charge on any atom is 0.344 e. The van der Waals surface area contributed by atoms with Crippen LogP contribution in [0, 0.1) is 0 Å². The van der Waals surface area contributed by atoms with Gasteiger partial charge in [0.05, 0.1) is 0 Å². The maximum atomic E-state index is 12.3. The highest BCUT2D eigenvalue weighted by Gasteiger charge is 2.19. The lowest BCUT2D eigenvalue weighted by Gasteiger charge is -2.13. The third kappa shape index (κ3) is 5.36. The van der Waals surface area contributed by atoms with Gasteiger partial charge in [-0.1, -0.05) is 66.7 Å². The number of nitrogens with zero attached hydrogens (tertiary/aromatic N) is 2. The van der Waals surface area contributed by atoms with E-state index in [0.29, 0.717) is 18.1 Å². The molecular weight excluding hydrogens is 392 g/mol. The van der Waals surface area contributed by atoms with Gasteiger partial charge in [-0.15, -0.1) is 10.2 Å². The quantitative estimate of drug-likeness (QED) is 0.377. The average Bonchev–Trinajstić information content (AvgIpc) is 3.30. The second-order valence-corrected chi connectivity index (χ2v) is 7.00. The zero-order valence-corrected chi connectivity index (χ0v) is 17.1. The third-order valence-corrected chi connectivity index (χ3v) is 4.67. The van der Waals surface area contributed by atoms with Crippen molar-refractivity contribution in [1.29, 1.82) is 0 Å². The Kier molecular flexibility index (Phi) is 6.38. The Morgan fingerprint density at radius 1 is 0.903 bits per heavy atom. The summed E-state index contributed by atoms with van der Waals surface area (Å²) in [6.45, 7) is 1.47. The molecule has 0 spiro atoms. The van der Waals surface area contributed by atoms with Crippen LogP contribution in [0.3, 0.4) is 0 Å². The van der Waals surface area contributed by atoms with Gasteiger partial charge in [-0.25, -0.2) is 4.79 Å². The van der Waals surface area contributed by atoms with E-state index in [1.165, 1.54) is 5.56 Å². The lowest BCUT2D eigenvalue weighted by atomic mass is 10.0. The summed E-state index contributed by atoms with van der Waals surface area (Å²) in [5.74, 6) is 0.753. The van der Waals surface area contributed by atoms with Crippen molar-refractivity contribution in [3.63, 3.8) is 0 Å². The van der Waals surface area contributed by atoms with E-state index >= 15 is 0 Å². The van der Waals surface area contributed by atoms with Gasteiger partial charge in [0.15, 0.2) is 12.7 Å². The van der Waals surface area contributed by atoms with Gasteiger partial charge in [0, 0.05) is 12.0 Å². The molecule has 0 aliphatic heterocycles. The molecule has 0 unspecified atom stereocenters. The first-order valence-corrected chi connectivity index (χ1v) is 10.0. The molecule has 0 bridgehead atoms. The van der Waals surface area contributed by atoms with Gasteiger partial charge in [-0.05, 0) is 36.2 Å². The van der Waals surface area contributed by atoms with Crippen LogP contribution >= 0.6 is 0 Å². The van der Waals surface area contributed by atoms with Crippen LogP contribution in [0.25, 0.3) is 11.5 Å². The van der Waals surface area contributed by atoms with Gasteiger partial charge in [-0.3, -0.25) is 0 Å². The SMILES string of the molecule is C[C@H](OC(=O)COc1ccccc1Cc1ccccc1)c1nnc(-c2ccccc2)o1. The number of rotatable bonds is 8. The van der Waals surface area contributed by atoms with Crippen LogP contribution in [0.2, 0.25) is 0 Å². The second kappa shape index (κ2) is 9.71. The number of para-hydroxylation sites is 1. The zero-order valence-electron chi connectivity index (χ0n) is 17.1. The van der Waals surface area contributed by atoms with Gasteiger partial charge in [0.2, 0.25) is 5.89 Å². The van der Waals surface area contributed by atoms with Crippen molar-refractivity contribution < 1.29 is 18.7 Å². The Morgan fingerprint density at radius 2 is 1.58 bits per heavy atom. The van der Waals surface area contributed by atoms with E-state index in [4.69, 9.17) is 13.9 Å². The first-order chi connectivity index (χ1) is 15.2. The average molecular weight is 414 g/mol. The van der Waals surface area contributed by atoms with E-state index in [1.807, 2.05) is 72.8 Å². The highest BCUT2D eigenvalue weighted by molar-refractivity contribution is 5.71. The largest absolute Gasteiger partial charge is 0.482 e. The first-order valence-electron chi connectivity index (χ1n) is 10.0. The van der Waals surface area contributed by atoms with Crippen LogP contribution in [0.1, 0.15) is 30.0 Å². The number of carbonyl (C=O) groups excluding carboxylic acids is 1. The van der Waals surface area contributed by atoms with Gasteiger partial charge in [0.25, 0.3) is 5.89 Å². The highest BCUT2D eigenvalue weighted by Crippen LogP contribution is 2.23. The Balaban J connectivity index is 1.34. The Bertz CT molecular complexity index is 1130. The monoisotopic (exact) mass is 414 g/mol. The molecule has 1 heterocycles. The van der Waals surface area contributed by atoms with Gasteiger partial charge in [-0.2, -0.15) is 0 Å². The van der Waals surface area contributed by atoms with Crippen molar-refractivity contribution in [3.05, 3.63) is 102 Å². The predicted molar refractivity (Wildman–Crippen MR) is 115 cm³/mol. The van der Waals surface area contributed by atoms with Crippen LogP contribution in [0.4, 0.5) is 0 Å². The molecule has 0 aliphatic rings. The van der Waals surface area contributed by atoms with Crippen molar-refractivity contribution in [3.8, 4) is 17.2 Å². The Labute approximate surface area is 180 Å². The highest BCUT2D eigenvalue weighted by atomic mass is 16.6. The molecule has 0 N–H and O–H groups in total. The summed E-state index contributed by atoms with van der Waals surface area (Å²) in [5, 5.41) is 8.01. The minimum absolute atomic E-state index is 0.212. The second-order valence-electron chi connectivity index (χ2n) is 7.00. The number of hydrogen-bond donors (Lipinski definition) is 0. The minimum atomic E-state index is -0.680. The summed E-state index contributed by atoms with van der Waals surface area (Å²) in [6, 6.07) is 27.2. The lowest BCUT2D eigenvalue weighted by molar-refractivity contribution is -0.152. The van der Waals surface area contributed by atoms with E-state index in [-0.39, 0.29) is 12.5 Å². The van der Waals surface area contributed by atoms with Gasteiger partial charge >= 0.3 is 5.97 Å². The Morgan fingerprint density at radius 3 is 2.35 bits per heavy atom. The third-order valence-electron chi connectivity index (χ3n) is 4.67. The number of aromatic nitrogens is 2. The van der Waals surface area contributed by atoms with Crippen LogP contribution in [-0.2, 0) is 16.0 Å². The molecule has 1 atom stereocenters. The van der Waals surface area contributed by atoms with Gasteiger partial charge < -0.3 is 13.9 Å². The molecule has 0 fully saturated rings. The van der Waals surface area contributed by atoms with E-state index in [2.05, 4.69) is 22.3 Å². The molecule has 1 aromatic heterocycles. The fourth-order valence-corrected chi connectivity index (χ4v) is 3.12. The first kappa shape index (κ1) is 20.3. The van der Waals surface area contributed by atoms with Crippen molar-refractivity contribution in [2.45, 2.75) is 19.4 Å². The van der Waals surface area contributed by atoms with Crippen LogP contribution in [0.15, 0.2) is 89.3 Å². The standard InChI is InChI=1S/C25H22N2O4/c1-18(24-26-27-25(31-24)20-12-6-3-7-13-20)30-23(28)17-29-22-15-9-8-14-21(22)16-19-10-4-2-5-11-19/h2-15,18H,16-17H2,1H3/t18-/m0/s1. The zero-order chi connectivity index (χ0) is 21.5. The van der Waals surface area contributed by atoms with Crippen molar-refractivity contribution in [2.75, 3.05) is 6.61 Å². The van der Waals surface area contributed by atoms with E-state index in [1.54, 1.807) is 6.92 Å². The number of esters is 1. The fraction of sp³-hybridized carbons (Fsp3) is 0.160.